The second-order valence-electron chi connectivity index (χ2n) is 4.85. The molecule has 2 unspecified atom stereocenters. The largest absolute Gasteiger partial charge is 0.339 e. The Labute approximate surface area is 118 Å². The van der Waals surface area contributed by atoms with Crippen LogP contribution in [0.2, 0.25) is 0 Å². The van der Waals surface area contributed by atoms with E-state index >= 15 is 0 Å². The number of hydrogen-bond donors (Lipinski definition) is 1. The van der Waals surface area contributed by atoms with Gasteiger partial charge in [-0.05, 0) is 53.4 Å². The van der Waals surface area contributed by atoms with Gasteiger partial charge in [0, 0.05) is 22.0 Å². The summed E-state index contributed by atoms with van der Waals surface area (Å²) in [5.41, 5.74) is 6.60. The fraction of sp³-hybridized carbons (Fsp3) is 0.385. The average Bonchev–Trinajstić information content (AvgIpc) is 2.97. The van der Waals surface area contributed by atoms with Crippen molar-refractivity contribution in [1.29, 1.82) is 0 Å². The third kappa shape index (κ3) is 2.55. The Bertz CT molecular complexity index is 601. The number of benzene rings is 1. The van der Waals surface area contributed by atoms with Crippen LogP contribution in [-0.2, 0) is 0 Å². The summed E-state index contributed by atoms with van der Waals surface area (Å²) in [7, 11) is 0. The summed E-state index contributed by atoms with van der Waals surface area (Å²) in [6, 6.07) is 4.62. The quantitative estimate of drug-likeness (QED) is 0.920. The predicted octanol–water partition coefficient (Wildman–Crippen LogP) is 3.23. The minimum Gasteiger partial charge on any atom is -0.339 e. The van der Waals surface area contributed by atoms with Crippen molar-refractivity contribution in [1.82, 2.24) is 10.1 Å². The number of rotatable bonds is 2. The van der Waals surface area contributed by atoms with Crippen LogP contribution < -0.4 is 5.73 Å². The lowest BCUT2D eigenvalue weighted by Gasteiger charge is -2.01. The van der Waals surface area contributed by atoms with Gasteiger partial charge in [0.25, 0.3) is 0 Å². The number of hydrogen-bond acceptors (Lipinski definition) is 4. The topological polar surface area (TPSA) is 64.9 Å². The number of halogens is 2. The predicted molar refractivity (Wildman–Crippen MR) is 72.0 cm³/mol. The van der Waals surface area contributed by atoms with E-state index in [0.717, 1.165) is 24.8 Å². The van der Waals surface area contributed by atoms with E-state index in [1.165, 1.54) is 12.1 Å². The Kier molecular flexibility index (Phi) is 3.36. The van der Waals surface area contributed by atoms with Crippen LogP contribution >= 0.6 is 15.9 Å². The van der Waals surface area contributed by atoms with E-state index in [4.69, 9.17) is 10.3 Å². The zero-order valence-corrected chi connectivity index (χ0v) is 11.7. The van der Waals surface area contributed by atoms with Gasteiger partial charge in [0.15, 0.2) is 0 Å². The maximum absolute atomic E-state index is 13.0. The molecule has 0 spiro atoms. The first-order valence-corrected chi connectivity index (χ1v) is 6.97. The molecule has 2 N–H and O–H groups in total. The minimum atomic E-state index is -0.305. The molecular formula is C13H13BrFN3O. The van der Waals surface area contributed by atoms with Crippen molar-refractivity contribution in [3.63, 3.8) is 0 Å². The first-order chi connectivity index (χ1) is 9.13. The summed E-state index contributed by atoms with van der Waals surface area (Å²) in [4.78, 5) is 4.40. The van der Waals surface area contributed by atoms with Gasteiger partial charge in [0.1, 0.15) is 5.82 Å². The second-order valence-corrected chi connectivity index (χ2v) is 5.70. The molecule has 19 heavy (non-hydrogen) atoms. The van der Waals surface area contributed by atoms with Crippen LogP contribution in [0.1, 0.15) is 31.1 Å². The molecule has 3 rings (SSSR count). The van der Waals surface area contributed by atoms with Crippen molar-refractivity contribution in [3.8, 4) is 11.4 Å². The van der Waals surface area contributed by atoms with Gasteiger partial charge in [-0.15, -0.1) is 0 Å². The van der Waals surface area contributed by atoms with Gasteiger partial charge in [-0.3, -0.25) is 0 Å². The number of nitrogens with two attached hydrogens (primary N) is 1. The zero-order chi connectivity index (χ0) is 13.4. The van der Waals surface area contributed by atoms with E-state index in [9.17, 15) is 4.39 Å². The summed E-state index contributed by atoms with van der Waals surface area (Å²) in [5, 5.41) is 3.97. The molecule has 4 nitrogen and oxygen atoms in total. The van der Waals surface area contributed by atoms with E-state index in [1.54, 1.807) is 6.07 Å². The van der Waals surface area contributed by atoms with Crippen LogP contribution in [0.15, 0.2) is 27.2 Å². The fourth-order valence-electron chi connectivity index (χ4n) is 2.42. The summed E-state index contributed by atoms with van der Waals surface area (Å²) < 4.78 is 19.0. The molecule has 6 heteroatoms. The van der Waals surface area contributed by atoms with Gasteiger partial charge in [-0.2, -0.15) is 4.98 Å². The van der Waals surface area contributed by atoms with E-state index < -0.39 is 0 Å². The number of aromatic nitrogens is 2. The Morgan fingerprint density at radius 1 is 1.37 bits per heavy atom. The van der Waals surface area contributed by atoms with Crippen molar-refractivity contribution in [2.45, 2.75) is 31.2 Å². The van der Waals surface area contributed by atoms with Crippen LogP contribution in [0.25, 0.3) is 11.4 Å². The highest BCUT2D eigenvalue weighted by Gasteiger charge is 2.28. The minimum absolute atomic E-state index is 0.220. The lowest BCUT2D eigenvalue weighted by atomic mass is 10.1. The maximum Gasteiger partial charge on any atom is 0.230 e. The molecule has 0 bridgehead atoms. The van der Waals surface area contributed by atoms with Gasteiger partial charge < -0.3 is 10.3 Å². The Morgan fingerprint density at radius 2 is 2.21 bits per heavy atom. The molecule has 2 aromatic rings. The monoisotopic (exact) mass is 325 g/mol. The summed E-state index contributed by atoms with van der Waals surface area (Å²) in [5.74, 6) is 1.04. The molecule has 1 aromatic heterocycles. The van der Waals surface area contributed by atoms with Crippen molar-refractivity contribution >= 4 is 15.9 Å². The summed E-state index contributed by atoms with van der Waals surface area (Å²) in [6.45, 7) is 0. The highest BCUT2D eigenvalue weighted by molar-refractivity contribution is 9.10. The molecular weight excluding hydrogens is 313 g/mol. The van der Waals surface area contributed by atoms with Gasteiger partial charge in [0.05, 0.1) is 0 Å². The van der Waals surface area contributed by atoms with E-state index in [2.05, 4.69) is 26.1 Å². The summed E-state index contributed by atoms with van der Waals surface area (Å²) in [6.07, 6.45) is 2.85. The van der Waals surface area contributed by atoms with E-state index in [-0.39, 0.29) is 17.8 Å². The molecule has 1 heterocycles. The smallest absolute Gasteiger partial charge is 0.230 e. The van der Waals surface area contributed by atoms with E-state index in [0.29, 0.717) is 16.2 Å². The van der Waals surface area contributed by atoms with Crippen LogP contribution in [0.5, 0.6) is 0 Å². The van der Waals surface area contributed by atoms with Crippen molar-refractivity contribution < 1.29 is 8.91 Å². The molecule has 1 aliphatic rings. The average molecular weight is 326 g/mol. The second kappa shape index (κ2) is 5.02. The zero-order valence-electron chi connectivity index (χ0n) is 10.1. The molecule has 100 valence electrons. The first kappa shape index (κ1) is 12.7. The molecule has 0 amide bonds. The fourth-order valence-corrected chi connectivity index (χ4v) is 2.95. The molecule has 0 radical (unpaired) electrons. The van der Waals surface area contributed by atoms with Crippen LogP contribution in [0.3, 0.4) is 0 Å². The van der Waals surface area contributed by atoms with Gasteiger partial charge in [0.2, 0.25) is 11.7 Å². The van der Waals surface area contributed by atoms with Crippen molar-refractivity contribution in [2.75, 3.05) is 0 Å². The normalized spacial score (nSPS) is 22.9. The summed E-state index contributed by atoms with van der Waals surface area (Å²) >= 11 is 3.30. The molecule has 1 fully saturated rings. The lowest BCUT2D eigenvalue weighted by Crippen LogP contribution is -2.14. The lowest BCUT2D eigenvalue weighted by molar-refractivity contribution is 0.353. The molecule has 1 aromatic carbocycles. The molecule has 0 saturated heterocycles. The van der Waals surface area contributed by atoms with Crippen LogP contribution in [-0.4, -0.2) is 16.2 Å². The Morgan fingerprint density at radius 3 is 2.89 bits per heavy atom. The molecule has 0 aliphatic heterocycles. The third-order valence-electron chi connectivity index (χ3n) is 3.44. The Balaban J connectivity index is 1.88. The molecule has 2 atom stereocenters. The van der Waals surface area contributed by atoms with Crippen molar-refractivity contribution in [2.24, 2.45) is 5.73 Å². The standard InChI is InChI=1S/C13H13BrFN3O/c14-11-6-8(15)2-4-10(11)12-17-13(19-18-12)7-1-3-9(16)5-7/h2,4,6-7,9H,1,3,5,16H2. The van der Waals surface area contributed by atoms with Gasteiger partial charge in [-0.1, -0.05) is 5.16 Å². The van der Waals surface area contributed by atoms with Gasteiger partial charge in [-0.25, -0.2) is 4.39 Å². The van der Waals surface area contributed by atoms with Crippen LogP contribution in [0, 0.1) is 5.82 Å². The molecule has 1 saturated carbocycles. The molecule has 1 aliphatic carbocycles. The SMILES string of the molecule is NC1CCC(c2nc(-c3ccc(F)cc3Br)no2)C1. The Hall–Kier alpha value is -1.27. The highest BCUT2D eigenvalue weighted by atomic mass is 79.9. The maximum atomic E-state index is 13.0. The first-order valence-electron chi connectivity index (χ1n) is 6.18. The van der Waals surface area contributed by atoms with Crippen molar-refractivity contribution in [3.05, 3.63) is 34.4 Å². The third-order valence-corrected chi connectivity index (χ3v) is 4.09. The van der Waals surface area contributed by atoms with Crippen LogP contribution in [0.4, 0.5) is 4.39 Å². The number of nitrogens with zero attached hydrogens (tertiary/aromatic N) is 2. The van der Waals surface area contributed by atoms with E-state index in [1.807, 2.05) is 0 Å². The highest BCUT2D eigenvalue weighted by Crippen LogP contribution is 2.34. The van der Waals surface area contributed by atoms with Gasteiger partial charge >= 0.3 is 0 Å².